The molecule has 3 aromatic rings. The predicted molar refractivity (Wildman–Crippen MR) is 106 cm³/mol. The smallest absolute Gasteiger partial charge is 0.336 e. The second-order valence-corrected chi connectivity index (χ2v) is 7.93. The van der Waals surface area contributed by atoms with Gasteiger partial charge in [0.25, 0.3) is 10.0 Å². The van der Waals surface area contributed by atoms with Crippen molar-refractivity contribution >= 4 is 33.3 Å². The van der Waals surface area contributed by atoms with Gasteiger partial charge in [-0.3, -0.25) is 4.72 Å². The number of aromatic carboxylic acids is 1. The summed E-state index contributed by atoms with van der Waals surface area (Å²) < 4.78 is 33.4. The summed E-state index contributed by atoms with van der Waals surface area (Å²) in [6, 6.07) is 18.8. The second-order valence-electron chi connectivity index (χ2n) is 5.81. The first-order valence-electron chi connectivity index (χ1n) is 8.18. The Hall–Kier alpha value is -3.03. The summed E-state index contributed by atoms with van der Waals surface area (Å²) in [6.45, 7) is -0.0514. The zero-order chi connectivity index (χ0) is 20.1. The molecule has 0 saturated carbocycles. The normalized spacial score (nSPS) is 11.0. The standard InChI is InChI=1S/C20H16ClNO5S/c21-15-10-11-19(27-13-14-6-4-5-9-17(14)20(23)24)18(12-15)22-28(25,26)16-7-2-1-3-8-16/h1-12,22H,13H2,(H,23,24). The number of nitrogens with one attached hydrogen (secondary N) is 1. The highest BCUT2D eigenvalue weighted by molar-refractivity contribution is 7.92. The van der Waals surface area contributed by atoms with Crippen LogP contribution >= 0.6 is 11.6 Å². The zero-order valence-electron chi connectivity index (χ0n) is 14.5. The molecule has 2 N–H and O–H groups in total. The fraction of sp³-hybridized carbons (Fsp3) is 0.0500. The first-order chi connectivity index (χ1) is 13.4. The molecule has 0 aromatic heterocycles. The molecule has 0 fully saturated rings. The minimum atomic E-state index is -3.84. The van der Waals surface area contributed by atoms with Crippen molar-refractivity contribution in [3.05, 3.63) is 88.9 Å². The number of sulfonamides is 1. The lowest BCUT2D eigenvalue weighted by atomic mass is 10.1. The highest BCUT2D eigenvalue weighted by atomic mass is 35.5. The third kappa shape index (κ3) is 4.62. The fourth-order valence-corrected chi connectivity index (χ4v) is 3.78. The molecular formula is C20H16ClNO5S. The van der Waals surface area contributed by atoms with E-state index < -0.39 is 16.0 Å². The largest absolute Gasteiger partial charge is 0.487 e. The molecule has 0 amide bonds. The molecule has 144 valence electrons. The molecule has 0 spiro atoms. The van der Waals surface area contributed by atoms with Crippen molar-refractivity contribution in [2.45, 2.75) is 11.5 Å². The van der Waals surface area contributed by atoms with Gasteiger partial charge in [-0.2, -0.15) is 0 Å². The van der Waals surface area contributed by atoms with E-state index in [4.69, 9.17) is 16.3 Å². The lowest BCUT2D eigenvalue weighted by molar-refractivity contribution is 0.0694. The average molecular weight is 418 g/mol. The molecule has 0 unspecified atom stereocenters. The number of hydrogen-bond donors (Lipinski definition) is 2. The Kier molecular flexibility index (Phi) is 5.87. The van der Waals surface area contributed by atoms with E-state index in [9.17, 15) is 18.3 Å². The lowest BCUT2D eigenvalue weighted by Gasteiger charge is -2.15. The third-order valence-corrected chi connectivity index (χ3v) is 5.49. The number of carboxylic acids is 1. The summed E-state index contributed by atoms with van der Waals surface area (Å²) >= 11 is 6.01. The van der Waals surface area contributed by atoms with Crippen LogP contribution in [0, 0.1) is 0 Å². The molecule has 8 heteroatoms. The molecule has 0 atom stereocenters. The molecule has 0 aliphatic carbocycles. The van der Waals surface area contributed by atoms with Gasteiger partial charge in [0.05, 0.1) is 16.1 Å². The van der Waals surface area contributed by atoms with Crippen molar-refractivity contribution in [1.82, 2.24) is 0 Å². The van der Waals surface area contributed by atoms with Gasteiger partial charge in [0.2, 0.25) is 0 Å². The van der Waals surface area contributed by atoms with Crippen LogP contribution in [0.5, 0.6) is 5.75 Å². The van der Waals surface area contributed by atoms with E-state index >= 15 is 0 Å². The first-order valence-corrected chi connectivity index (χ1v) is 10.0. The summed E-state index contributed by atoms with van der Waals surface area (Å²) in [7, 11) is -3.84. The zero-order valence-corrected chi connectivity index (χ0v) is 16.1. The molecule has 3 aromatic carbocycles. The maximum atomic E-state index is 12.6. The predicted octanol–water partition coefficient (Wildman–Crippen LogP) is 4.42. The van der Waals surface area contributed by atoms with Crippen molar-refractivity contribution in [1.29, 1.82) is 0 Å². The van der Waals surface area contributed by atoms with E-state index in [0.29, 0.717) is 10.6 Å². The van der Waals surface area contributed by atoms with Gasteiger partial charge in [-0.05, 0) is 36.4 Å². The van der Waals surface area contributed by atoms with Crippen LogP contribution in [-0.4, -0.2) is 19.5 Å². The topological polar surface area (TPSA) is 92.7 Å². The van der Waals surface area contributed by atoms with Crippen LogP contribution in [0.1, 0.15) is 15.9 Å². The minimum Gasteiger partial charge on any atom is -0.487 e. The third-order valence-electron chi connectivity index (χ3n) is 3.87. The van der Waals surface area contributed by atoms with Crippen molar-refractivity contribution < 1.29 is 23.1 Å². The molecule has 0 heterocycles. The van der Waals surface area contributed by atoms with Gasteiger partial charge >= 0.3 is 5.97 Å². The first kappa shape index (κ1) is 19.7. The minimum absolute atomic E-state index is 0.0514. The van der Waals surface area contributed by atoms with Crippen LogP contribution in [0.3, 0.4) is 0 Å². The summed E-state index contributed by atoms with van der Waals surface area (Å²) in [4.78, 5) is 11.4. The number of benzene rings is 3. The Labute approximate surface area is 167 Å². The van der Waals surface area contributed by atoms with Crippen LogP contribution < -0.4 is 9.46 Å². The molecule has 0 aliphatic heterocycles. The Morgan fingerprint density at radius 2 is 1.68 bits per heavy atom. The van der Waals surface area contributed by atoms with Gasteiger partial charge in [-0.25, -0.2) is 13.2 Å². The van der Waals surface area contributed by atoms with E-state index in [1.54, 1.807) is 42.5 Å². The maximum absolute atomic E-state index is 12.6. The summed E-state index contributed by atoms with van der Waals surface area (Å²) in [5.41, 5.74) is 0.730. The van der Waals surface area contributed by atoms with Gasteiger partial charge in [0, 0.05) is 10.6 Å². The van der Waals surface area contributed by atoms with Crippen molar-refractivity contribution in [2.24, 2.45) is 0 Å². The summed E-state index contributed by atoms with van der Waals surface area (Å²) in [6.07, 6.45) is 0. The van der Waals surface area contributed by atoms with Gasteiger partial charge in [-0.15, -0.1) is 0 Å². The Bertz CT molecular complexity index is 1100. The number of hydrogen-bond acceptors (Lipinski definition) is 4. The van der Waals surface area contributed by atoms with Gasteiger partial charge in [0.1, 0.15) is 12.4 Å². The number of carbonyl (C=O) groups is 1. The van der Waals surface area contributed by atoms with E-state index in [-0.39, 0.29) is 28.5 Å². The van der Waals surface area contributed by atoms with Crippen LogP contribution in [0.15, 0.2) is 77.7 Å². The van der Waals surface area contributed by atoms with E-state index in [2.05, 4.69) is 4.72 Å². The lowest BCUT2D eigenvalue weighted by Crippen LogP contribution is -2.14. The highest BCUT2D eigenvalue weighted by Crippen LogP contribution is 2.31. The SMILES string of the molecule is O=C(O)c1ccccc1COc1ccc(Cl)cc1NS(=O)(=O)c1ccccc1. The van der Waals surface area contributed by atoms with Crippen LogP contribution in [-0.2, 0) is 16.6 Å². The van der Waals surface area contributed by atoms with E-state index in [1.165, 1.54) is 30.3 Å². The summed E-state index contributed by atoms with van der Waals surface area (Å²) in [5.74, 6) is -0.843. The highest BCUT2D eigenvalue weighted by Gasteiger charge is 2.17. The number of carboxylic acid groups (broad SMARTS) is 1. The van der Waals surface area contributed by atoms with Crippen molar-refractivity contribution in [2.75, 3.05) is 4.72 Å². The molecule has 0 saturated heterocycles. The molecule has 3 rings (SSSR count). The van der Waals surface area contributed by atoms with Crippen LogP contribution in [0.4, 0.5) is 5.69 Å². The quantitative estimate of drug-likeness (QED) is 0.593. The number of ether oxygens (including phenoxy) is 1. The molecule has 0 radical (unpaired) electrons. The van der Waals surface area contributed by atoms with Gasteiger partial charge < -0.3 is 9.84 Å². The van der Waals surface area contributed by atoms with Gasteiger partial charge in [-0.1, -0.05) is 48.0 Å². The number of anilines is 1. The number of halogens is 1. The molecule has 6 nitrogen and oxygen atoms in total. The van der Waals surface area contributed by atoms with Crippen molar-refractivity contribution in [3.63, 3.8) is 0 Å². The van der Waals surface area contributed by atoms with Crippen molar-refractivity contribution in [3.8, 4) is 5.75 Å². The van der Waals surface area contributed by atoms with Crippen LogP contribution in [0.2, 0.25) is 5.02 Å². The average Bonchev–Trinajstić information content (AvgIpc) is 2.68. The maximum Gasteiger partial charge on any atom is 0.336 e. The molecule has 0 bridgehead atoms. The number of rotatable bonds is 7. The second kappa shape index (κ2) is 8.33. The fourth-order valence-electron chi connectivity index (χ4n) is 2.52. The van der Waals surface area contributed by atoms with E-state index in [0.717, 1.165) is 0 Å². The van der Waals surface area contributed by atoms with Gasteiger partial charge in [0.15, 0.2) is 0 Å². The summed E-state index contributed by atoms with van der Waals surface area (Å²) in [5, 5.41) is 9.59. The molecular weight excluding hydrogens is 402 g/mol. The molecule has 28 heavy (non-hydrogen) atoms. The monoisotopic (exact) mass is 417 g/mol. The molecule has 0 aliphatic rings. The Balaban J connectivity index is 1.87. The Morgan fingerprint density at radius 1 is 1.00 bits per heavy atom. The van der Waals surface area contributed by atoms with E-state index in [1.807, 2.05) is 0 Å². The van der Waals surface area contributed by atoms with Crippen LogP contribution in [0.25, 0.3) is 0 Å². The Morgan fingerprint density at radius 3 is 2.39 bits per heavy atom.